The number of methoxy groups -OCH3 is 1. The Morgan fingerprint density at radius 3 is 2.94 bits per heavy atom. The van der Waals surface area contributed by atoms with E-state index in [-0.39, 0.29) is 12.1 Å². The molecule has 0 aromatic carbocycles. The van der Waals surface area contributed by atoms with E-state index in [4.69, 9.17) is 4.74 Å². The molecule has 1 N–H and O–H groups in total. The summed E-state index contributed by atoms with van der Waals surface area (Å²) < 4.78 is 5.22. The van der Waals surface area contributed by atoms with Crippen LogP contribution in [0.1, 0.15) is 38.5 Å². The largest absolute Gasteiger partial charge is 0.380 e. The number of rotatable bonds is 8. The third-order valence-electron chi connectivity index (χ3n) is 3.14. The molecule has 0 bridgehead atoms. The molecule has 0 aromatic heterocycles. The van der Waals surface area contributed by atoms with E-state index in [1.807, 2.05) is 6.08 Å². The first-order valence-corrected chi connectivity index (χ1v) is 6.17. The molecule has 16 heavy (non-hydrogen) atoms. The monoisotopic (exact) mass is 225 g/mol. The predicted molar refractivity (Wildman–Crippen MR) is 65.5 cm³/mol. The summed E-state index contributed by atoms with van der Waals surface area (Å²) in [6.07, 6.45) is 8.02. The Balaban J connectivity index is 2.09. The highest BCUT2D eigenvalue weighted by Crippen LogP contribution is 2.13. The summed E-state index contributed by atoms with van der Waals surface area (Å²) in [6.45, 7) is 4.49. The Labute approximate surface area is 98.2 Å². The molecule has 1 fully saturated rings. The second-order valence-electron chi connectivity index (χ2n) is 4.41. The van der Waals surface area contributed by atoms with Crippen molar-refractivity contribution in [2.75, 3.05) is 13.7 Å². The highest BCUT2D eigenvalue weighted by atomic mass is 16.5. The van der Waals surface area contributed by atoms with E-state index in [0.29, 0.717) is 12.2 Å². The zero-order valence-corrected chi connectivity index (χ0v) is 10.2. The molecule has 0 aliphatic carbocycles. The molecule has 2 unspecified atom stereocenters. The number of Topliss-reactive ketones (excluding diaryl/α,β-unsaturated/α-hetero) is 1. The number of hydrogen-bond acceptors (Lipinski definition) is 3. The first-order valence-electron chi connectivity index (χ1n) is 6.17. The molecule has 2 atom stereocenters. The van der Waals surface area contributed by atoms with E-state index in [9.17, 15) is 4.79 Å². The lowest BCUT2D eigenvalue weighted by atomic mass is 10.0. The van der Waals surface area contributed by atoms with E-state index in [1.54, 1.807) is 7.11 Å². The Hall–Kier alpha value is -0.670. The van der Waals surface area contributed by atoms with Crippen molar-refractivity contribution in [2.24, 2.45) is 0 Å². The second kappa shape index (κ2) is 7.58. The van der Waals surface area contributed by atoms with Gasteiger partial charge in [0.2, 0.25) is 0 Å². The van der Waals surface area contributed by atoms with Crippen LogP contribution in [0, 0.1) is 0 Å². The van der Waals surface area contributed by atoms with Gasteiger partial charge in [-0.25, -0.2) is 0 Å². The summed E-state index contributed by atoms with van der Waals surface area (Å²) in [5.41, 5.74) is 0. The lowest BCUT2D eigenvalue weighted by Gasteiger charge is -2.08. The molecule has 0 amide bonds. The normalized spacial score (nSPS) is 24.6. The van der Waals surface area contributed by atoms with E-state index >= 15 is 0 Å². The van der Waals surface area contributed by atoms with Crippen molar-refractivity contribution in [2.45, 2.75) is 50.7 Å². The van der Waals surface area contributed by atoms with Gasteiger partial charge in [-0.1, -0.05) is 12.5 Å². The van der Waals surface area contributed by atoms with Gasteiger partial charge < -0.3 is 10.1 Å². The fourth-order valence-corrected chi connectivity index (χ4v) is 2.07. The van der Waals surface area contributed by atoms with E-state index in [0.717, 1.165) is 38.6 Å². The van der Waals surface area contributed by atoms with Crippen LogP contribution in [-0.4, -0.2) is 31.6 Å². The number of ketones is 1. The molecule has 0 spiro atoms. The maximum atomic E-state index is 11.8. The molecule has 1 aliphatic heterocycles. The van der Waals surface area contributed by atoms with Gasteiger partial charge in [0.1, 0.15) is 5.78 Å². The van der Waals surface area contributed by atoms with Crippen molar-refractivity contribution in [1.82, 2.24) is 5.32 Å². The third-order valence-corrected chi connectivity index (χ3v) is 3.14. The zero-order chi connectivity index (χ0) is 11.8. The molecule has 92 valence electrons. The van der Waals surface area contributed by atoms with Crippen LogP contribution in [0.4, 0.5) is 0 Å². The second-order valence-corrected chi connectivity index (χ2v) is 4.41. The lowest BCUT2D eigenvalue weighted by Crippen LogP contribution is -2.30. The average Bonchev–Trinajstić information content (AvgIpc) is 2.77. The molecule has 0 radical (unpaired) electrons. The lowest BCUT2D eigenvalue weighted by molar-refractivity contribution is -0.121. The van der Waals surface area contributed by atoms with Gasteiger partial charge in [0.25, 0.3) is 0 Å². The number of hydrogen-bond donors (Lipinski definition) is 1. The van der Waals surface area contributed by atoms with E-state index < -0.39 is 0 Å². The molecular weight excluding hydrogens is 202 g/mol. The van der Waals surface area contributed by atoms with Crippen LogP contribution in [0.25, 0.3) is 0 Å². The van der Waals surface area contributed by atoms with Crippen molar-refractivity contribution in [1.29, 1.82) is 0 Å². The van der Waals surface area contributed by atoms with Crippen molar-refractivity contribution < 1.29 is 9.53 Å². The van der Waals surface area contributed by atoms with Gasteiger partial charge in [-0.15, -0.1) is 6.58 Å². The standard InChI is InChI=1S/C13H23NO2/c1-3-4-5-6-7-8-13(15)12-9-11(16-2)10-14-12/h3,11-12,14H,1,4-10H2,2H3. The molecule has 1 heterocycles. The summed E-state index contributed by atoms with van der Waals surface area (Å²) in [6, 6.07) is 0.0318. The quantitative estimate of drug-likeness (QED) is 0.507. The predicted octanol–water partition coefficient (Wildman–Crippen LogP) is 2.07. The number of carbonyl (C=O) groups excluding carboxylic acids is 1. The van der Waals surface area contributed by atoms with Gasteiger partial charge in [0, 0.05) is 20.1 Å². The number of nitrogens with one attached hydrogen (secondary N) is 1. The number of carbonyl (C=O) groups is 1. The van der Waals surface area contributed by atoms with Crippen molar-refractivity contribution in [3.8, 4) is 0 Å². The van der Waals surface area contributed by atoms with Gasteiger partial charge in [-0.2, -0.15) is 0 Å². The zero-order valence-electron chi connectivity index (χ0n) is 10.2. The summed E-state index contributed by atoms with van der Waals surface area (Å²) >= 11 is 0. The van der Waals surface area contributed by atoms with Gasteiger partial charge in [0.05, 0.1) is 12.1 Å². The minimum atomic E-state index is 0.0318. The number of ether oxygens (including phenoxy) is 1. The molecule has 1 rings (SSSR count). The van der Waals surface area contributed by atoms with Crippen molar-refractivity contribution in [3.63, 3.8) is 0 Å². The first kappa shape index (κ1) is 13.4. The van der Waals surface area contributed by atoms with Gasteiger partial charge in [-0.3, -0.25) is 4.79 Å². The van der Waals surface area contributed by atoms with E-state index in [1.165, 1.54) is 0 Å². The van der Waals surface area contributed by atoms with Gasteiger partial charge in [-0.05, 0) is 25.7 Å². The molecule has 1 aliphatic rings. The van der Waals surface area contributed by atoms with Crippen LogP contribution >= 0.6 is 0 Å². The Morgan fingerprint density at radius 2 is 2.31 bits per heavy atom. The van der Waals surface area contributed by atoms with Crippen LogP contribution in [0.3, 0.4) is 0 Å². The van der Waals surface area contributed by atoms with Gasteiger partial charge in [0.15, 0.2) is 0 Å². The Kier molecular flexibility index (Phi) is 6.34. The molecule has 1 saturated heterocycles. The molecule has 0 saturated carbocycles. The SMILES string of the molecule is C=CCCCCCC(=O)C1CC(OC)CN1. The minimum absolute atomic E-state index is 0.0318. The Bertz CT molecular complexity index is 228. The van der Waals surface area contributed by atoms with Crippen molar-refractivity contribution in [3.05, 3.63) is 12.7 Å². The fourth-order valence-electron chi connectivity index (χ4n) is 2.07. The number of allylic oxidation sites excluding steroid dienone is 1. The summed E-state index contributed by atoms with van der Waals surface area (Å²) in [7, 11) is 1.70. The number of unbranched alkanes of at least 4 members (excludes halogenated alkanes) is 3. The fraction of sp³-hybridized carbons (Fsp3) is 0.769. The van der Waals surface area contributed by atoms with Crippen LogP contribution in [-0.2, 0) is 9.53 Å². The Morgan fingerprint density at radius 1 is 1.50 bits per heavy atom. The van der Waals surface area contributed by atoms with Crippen molar-refractivity contribution >= 4 is 5.78 Å². The highest BCUT2D eigenvalue weighted by molar-refractivity contribution is 5.84. The first-order chi connectivity index (χ1) is 7.77. The smallest absolute Gasteiger partial charge is 0.149 e. The summed E-state index contributed by atoms with van der Waals surface area (Å²) in [5, 5.41) is 3.22. The maximum Gasteiger partial charge on any atom is 0.149 e. The van der Waals surface area contributed by atoms with Crippen LogP contribution in [0.5, 0.6) is 0 Å². The molecule has 0 aromatic rings. The van der Waals surface area contributed by atoms with Gasteiger partial charge >= 0.3 is 0 Å². The molecular formula is C13H23NO2. The molecule has 3 nitrogen and oxygen atoms in total. The van der Waals surface area contributed by atoms with E-state index in [2.05, 4.69) is 11.9 Å². The maximum absolute atomic E-state index is 11.8. The third kappa shape index (κ3) is 4.45. The minimum Gasteiger partial charge on any atom is -0.380 e. The summed E-state index contributed by atoms with van der Waals surface area (Å²) in [5.74, 6) is 0.346. The average molecular weight is 225 g/mol. The van der Waals surface area contributed by atoms with Crippen LogP contribution in [0.2, 0.25) is 0 Å². The highest BCUT2D eigenvalue weighted by Gasteiger charge is 2.28. The summed E-state index contributed by atoms with van der Waals surface area (Å²) in [4.78, 5) is 11.8. The van der Waals surface area contributed by atoms with Crippen LogP contribution < -0.4 is 5.32 Å². The topological polar surface area (TPSA) is 38.3 Å². The molecule has 3 heteroatoms. The van der Waals surface area contributed by atoms with Crippen LogP contribution in [0.15, 0.2) is 12.7 Å².